The topological polar surface area (TPSA) is 66.5 Å². The SMILES string of the molecule is CCCS(=O)(=O)N1CCCC(C(=O)NC2CCCC2)C1. The number of piperidine rings is 1. The summed E-state index contributed by atoms with van der Waals surface area (Å²) >= 11 is 0. The lowest BCUT2D eigenvalue weighted by Crippen LogP contribution is -2.47. The van der Waals surface area contributed by atoms with Gasteiger partial charge in [0.15, 0.2) is 0 Å². The van der Waals surface area contributed by atoms with Crippen LogP contribution in [-0.4, -0.2) is 43.5 Å². The third-order valence-electron chi connectivity index (χ3n) is 4.31. The van der Waals surface area contributed by atoms with E-state index in [1.54, 1.807) is 0 Å². The van der Waals surface area contributed by atoms with Crippen molar-refractivity contribution >= 4 is 15.9 Å². The van der Waals surface area contributed by atoms with Gasteiger partial charge in [-0.05, 0) is 32.1 Å². The summed E-state index contributed by atoms with van der Waals surface area (Å²) in [6.45, 7) is 2.79. The Morgan fingerprint density at radius 3 is 2.55 bits per heavy atom. The molecular weight excluding hydrogens is 276 g/mol. The second-order valence-corrected chi connectivity index (χ2v) is 8.09. The van der Waals surface area contributed by atoms with Crippen LogP contribution in [0.4, 0.5) is 0 Å². The minimum absolute atomic E-state index is 0.0494. The van der Waals surface area contributed by atoms with Crippen LogP contribution in [0.5, 0.6) is 0 Å². The number of amides is 1. The van der Waals surface area contributed by atoms with Gasteiger partial charge in [0.25, 0.3) is 0 Å². The van der Waals surface area contributed by atoms with Crippen LogP contribution in [0.2, 0.25) is 0 Å². The van der Waals surface area contributed by atoms with Crippen molar-refractivity contribution in [2.75, 3.05) is 18.8 Å². The van der Waals surface area contributed by atoms with Crippen molar-refractivity contribution < 1.29 is 13.2 Å². The van der Waals surface area contributed by atoms with E-state index in [1.165, 1.54) is 17.1 Å². The number of hydrogen-bond donors (Lipinski definition) is 1. The van der Waals surface area contributed by atoms with Crippen LogP contribution in [0.25, 0.3) is 0 Å². The predicted molar refractivity (Wildman–Crippen MR) is 78.8 cm³/mol. The van der Waals surface area contributed by atoms with Gasteiger partial charge in [-0.25, -0.2) is 12.7 Å². The summed E-state index contributed by atoms with van der Waals surface area (Å²) in [6, 6.07) is 0.310. The number of carbonyl (C=O) groups excluding carboxylic acids is 1. The maximum Gasteiger partial charge on any atom is 0.224 e. The van der Waals surface area contributed by atoms with E-state index in [1.807, 2.05) is 6.92 Å². The zero-order valence-electron chi connectivity index (χ0n) is 12.3. The molecule has 5 nitrogen and oxygen atoms in total. The molecule has 1 atom stereocenters. The van der Waals surface area contributed by atoms with Gasteiger partial charge in [-0.2, -0.15) is 0 Å². The van der Waals surface area contributed by atoms with E-state index in [0.29, 0.717) is 25.6 Å². The highest BCUT2D eigenvalue weighted by Gasteiger charge is 2.32. The average molecular weight is 302 g/mol. The molecule has 2 aliphatic rings. The maximum absolute atomic E-state index is 12.3. The fourth-order valence-electron chi connectivity index (χ4n) is 3.19. The van der Waals surface area contributed by atoms with Gasteiger partial charge in [0, 0.05) is 19.1 Å². The van der Waals surface area contributed by atoms with E-state index < -0.39 is 10.0 Å². The monoisotopic (exact) mass is 302 g/mol. The van der Waals surface area contributed by atoms with Crippen molar-refractivity contribution in [3.8, 4) is 0 Å². The van der Waals surface area contributed by atoms with Crippen molar-refractivity contribution in [3.63, 3.8) is 0 Å². The fraction of sp³-hybridized carbons (Fsp3) is 0.929. The molecule has 1 saturated carbocycles. The van der Waals surface area contributed by atoms with E-state index in [2.05, 4.69) is 5.32 Å². The van der Waals surface area contributed by atoms with E-state index in [9.17, 15) is 13.2 Å². The highest BCUT2D eigenvalue weighted by Crippen LogP contribution is 2.22. The smallest absolute Gasteiger partial charge is 0.224 e. The van der Waals surface area contributed by atoms with E-state index in [-0.39, 0.29) is 17.6 Å². The normalized spacial score (nSPS) is 25.8. The molecule has 20 heavy (non-hydrogen) atoms. The Morgan fingerprint density at radius 1 is 1.20 bits per heavy atom. The highest BCUT2D eigenvalue weighted by atomic mass is 32.2. The Morgan fingerprint density at radius 2 is 1.90 bits per heavy atom. The molecule has 0 radical (unpaired) electrons. The molecule has 1 aliphatic heterocycles. The maximum atomic E-state index is 12.3. The Labute approximate surface area is 122 Å². The molecule has 6 heteroatoms. The zero-order chi connectivity index (χ0) is 14.6. The predicted octanol–water partition coefficient (Wildman–Crippen LogP) is 1.50. The molecule has 1 unspecified atom stereocenters. The molecule has 1 N–H and O–H groups in total. The number of nitrogens with one attached hydrogen (secondary N) is 1. The molecule has 2 fully saturated rings. The molecule has 0 aromatic carbocycles. The fourth-order valence-corrected chi connectivity index (χ4v) is 4.77. The van der Waals surface area contributed by atoms with Crippen molar-refractivity contribution in [1.82, 2.24) is 9.62 Å². The Hall–Kier alpha value is -0.620. The van der Waals surface area contributed by atoms with Crippen molar-refractivity contribution in [3.05, 3.63) is 0 Å². The number of sulfonamides is 1. The molecule has 1 aliphatic carbocycles. The molecule has 1 saturated heterocycles. The lowest BCUT2D eigenvalue weighted by Gasteiger charge is -2.31. The van der Waals surface area contributed by atoms with Crippen LogP contribution < -0.4 is 5.32 Å². The molecule has 0 aromatic heterocycles. The third-order valence-corrected chi connectivity index (χ3v) is 6.35. The van der Waals surface area contributed by atoms with E-state index >= 15 is 0 Å². The largest absolute Gasteiger partial charge is 0.353 e. The molecule has 116 valence electrons. The third kappa shape index (κ3) is 3.95. The van der Waals surface area contributed by atoms with Crippen LogP contribution >= 0.6 is 0 Å². The molecule has 2 rings (SSSR count). The van der Waals surface area contributed by atoms with E-state index in [0.717, 1.165) is 25.7 Å². The summed E-state index contributed by atoms with van der Waals surface area (Å²) in [4.78, 5) is 12.3. The number of rotatable bonds is 5. The molecule has 1 amide bonds. The van der Waals surface area contributed by atoms with Crippen LogP contribution in [0.1, 0.15) is 51.9 Å². The van der Waals surface area contributed by atoms with Gasteiger partial charge in [0.05, 0.1) is 11.7 Å². The van der Waals surface area contributed by atoms with Gasteiger partial charge in [0.2, 0.25) is 15.9 Å². The second kappa shape index (κ2) is 6.89. The van der Waals surface area contributed by atoms with Gasteiger partial charge >= 0.3 is 0 Å². The quantitative estimate of drug-likeness (QED) is 0.837. The van der Waals surface area contributed by atoms with Crippen LogP contribution in [0.3, 0.4) is 0 Å². The lowest BCUT2D eigenvalue weighted by atomic mass is 9.98. The van der Waals surface area contributed by atoms with Gasteiger partial charge in [-0.1, -0.05) is 19.8 Å². The minimum Gasteiger partial charge on any atom is -0.353 e. The Balaban J connectivity index is 1.90. The first kappa shape index (κ1) is 15.8. The highest BCUT2D eigenvalue weighted by molar-refractivity contribution is 7.89. The summed E-state index contributed by atoms with van der Waals surface area (Å²) in [5, 5.41) is 3.09. The Kier molecular flexibility index (Phi) is 5.43. The molecule has 1 heterocycles. The molecule has 0 bridgehead atoms. The Bertz CT molecular complexity index is 430. The first-order chi connectivity index (χ1) is 9.53. The first-order valence-electron chi connectivity index (χ1n) is 7.81. The first-order valence-corrected chi connectivity index (χ1v) is 9.42. The number of nitrogens with zero attached hydrogens (tertiary/aromatic N) is 1. The average Bonchev–Trinajstić information content (AvgIpc) is 2.92. The van der Waals surface area contributed by atoms with Crippen LogP contribution in [0.15, 0.2) is 0 Å². The zero-order valence-corrected chi connectivity index (χ0v) is 13.1. The van der Waals surface area contributed by atoms with Crippen molar-refractivity contribution in [2.45, 2.75) is 57.9 Å². The summed E-state index contributed by atoms with van der Waals surface area (Å²) in [5.41, 5.74) is 0. The van der Waals surface area contributed by atoms with Gasteiger partial charge in [-0.15, -0.1) is 0 Å². The summed E-state index contributed by atoms with van der Waals surface area (Å²) in [7, 11) is -3.17. The molecule has 0 spiro atoms. The van der Waals surface area contributed by atoms with Gasteiger partial charge in [-0.3, -0.25) is 4.79 Å². The summed E-state index contributed by atoms with van der Waals surface area (Å²) in [6.07, 6.45) is 6.71. The number of hydrogen-bond acceptors (Lipinski definition) is 3. The minimum atomic E-state index is -3.17. The van der Waals surface area contributed by atoms with Gasteiger partial charge < -0.3 is 5.32 Å². The van der Waals surface area contributed by atoms with Crippen molar-refractivity contribution in [1.29, 1.82) is 0 Å². The molecule has 0 aromatic rings. The van der Waals surface area contributed by atoms with Gasteiger partial charge in [0.1, 0.15) is 0 Å². The standard InChI is InChI=1S/C14H26N2O3S/c1-2-10-20(18,19)16-9-5-6-12(11-16)14(17)15-13-7-3-4-8-13/h12-13H,2-11H2,1H3,(H,15,17). The van der Waals surface area contributed by atoms with E-state index in [4.69, 9.17) is 0 Å². The summed E-state index contributed by atoms with van der Waals surface area (Å²) in [5.74, 6) is 0.0635. The second-order valence-electron chi connectivity index (χ2n) is 6.00. The summed E-state index contributed by atoms with van der Waals surface area (Å²) < 4.78 is 25.7. The van der Waals surface area contributed by atoms with Crippen molar-refractivity contribution in [2.24, 2.45) is 5.92 Å². The lowest BCUT2D eigenvalue weighted by molar-refractivity contribution is -0.126. The van der Waals surface area contributed by atoms with Crippen LogP contribution in [-0.2, 0) is 14.8 Å². The number of carbonyl (C=O) groups is 1. The molecular formula is C14H26N2O3S. The van der Waals surface area contributed by atoms with Crippen LogP contribution in [0, 0.1) is 5.92 Å².